The molecular formula is C24H23ClO3. The lowest BCUT2D eigenvalue weighted by Gasteiger charge is -2.27. The van der Waals surface area contributed by atoms with Crippen molar-refractivity contribution < 1.29 is 14.7 Å². The molecule has 3 nitrogen and oxygen atoms in total. The summed E-state index contributed by atoms with van der Waals surface area (Å²) in [6.07, 6.45) is 3.58. The Morgan fingerprint density at radius 2 is 1.54 bits per heavy atom. The zero-order chi connectivity index (χ0) is 20.0. The van der Waals surface area contributed by atoms with Crippen LogP contribution in [0.5, 0.6) is 0 Å². The Hall–Kier alpha value is -2.39. The highest BCUT2D eigenvalue weighted by Crippen LogP contribution is 2.44. The van der Waals surface area contributed by atoms with Crippen molar-refractivity contribution in [2.24, 2.45) is 0 Å². The minimum Gasteiger partial charge on any atom is -0.506 e. The van der Waals surface area contributed by atoms with Gasteiger partial charge in [0.25, 0.3) is 0 Å². The maximum absolute atomic E-state index is 12.9. The SMILES string of the molecule is Cc1c(Cl)c(C2CC(=O)C(=C(O)c3ccccc3)C(=O)C2)c(C)c2c1CCC2. The molecule has 4 rings (SSSR count). The number of carbonyl (C=O) groups excluding carboxylic acids is 2. The van der Waals surface area contributed by atoms with Crippen molar-refractivity contribution in [3.63, 3.8) is 0 Å². The Balaban J connectivity index is 1.73. The third-order valence-corrected chi connectivity index (χ3v) is 6.69. The van der Waals surface area contributed by atoms with Gasteiger partial charge in [-0.3, -0.25) is 9.59 Å². The fraction of sp³-hybridized carbons (Fsp3) is 0.333. The average molecular weight is 395 g/mol. The molecular weight excluding hydrogens is 372 g/mol. The van der Waals surface area contributed by atoms with Crippen LogP contribution in [0.1, 0.15) is 58.6 Å². The van der Waals surface area contributed by atoms with E-state index in [1.807, 2.05) is 13.0 Å². The Morgan fingerprint density at radius 1 is 0.964 bits per heavy atom. The van der Waals surface area contributed by atoms with Crippen molar-refractivity contribution in [2.75, 3.05) is 0 Å². The second-order valence-corrected chi connectivity index (χ2v) is 8.21. The van der Waals surface area contributed by atoms with Crippen LogP contribution < -0.4 is 0 Å². The van der Waals surface area contributed by atoms with Crippen LogP contribution >= 0.6 is 11.6 Å². The van der Waals surface area contributed by atoms with E-state index in [0.29, 0.717) is 10.6 Å². The largest absolute Gasteiger partial charge is 0.506 e. The standard InChI is InChI=1S/C24H23ClO3/c1-13-17-9-6-10-18(17)14(2)23(25)21(13)16-11-19(26)22(20(27)12-16)24(28)15-7-4-3-5-8-15/h3-5,7-8,16,28H,6,9-12H2,1-2H3. The molecule has 0 aromatic heterocycles. The van der Waals surface area contributed by atoms with Gasteiger partial charge in [-0.2, -0.15) is 0 Å². The fourth-order valence-corrected chi connectivity index (χ4v) is 5.22. The number of allylic oxidation sites excluding steroid dienone is 1. The molecule has 0 unspecified atom stereocenters. The maximum Gasteiger partial charge on any atom is 0.170 e. The summed E-state index contributed by atoms with van der Waals surface area (Å²) in [5.74, 6) is -1.07. The second-order valence-electron chi connectivity index (χ2n) is 7.83. The number of fused-ring (bicyclic) bond motifs is 1. The lowest BCUT2D eigenvalue weighted by molar-refractivity contribution is -0.124. The molecule has 0 spiro atoms. The molecule has 0 heterocycles. The summed E-state index contributed by atoms with van der Waals surface area (Å²) in [5, 5.41) is 11.2. The molecule has 0 saturated heterocycles. The predicted octanol–water partition coefficient (Wildman–Crippen LogP) is 5.43. The van der Waals surface area contributed by atoms with Gasteiger partial charge in [-0.15, -0.1) is 0 Å². The van der Waals surface area contributed by atoms with Crippen molar-refractivity contribution in [3.8, 4) is 0 Å². The lowest BCUT2D eigenvalue weighted by atomic mass is 9.76. The van der Waals surface area contributed by atoms with E-state index >= 15 is 0 Å². The molecule has 1 saturated carbocycles. The normalized spacial score (nSPS) is 19.1. The Morgan fingerprint density at radius 3 is 2.14 bits per heavy atom. The molecule has 2 aromatic rings. The summed E-state index contributed by atoms with van der Waals surface area (Å²) >= 11 is 6.72. The number of halogens is 1. The smallest absolute Gasteiger partial charge is 0.170 e. The van der Waals surface area contributed by atoms with Crippen LogP contribution in [0.25, 0.3) is 5.76 Å². The molecule has 1 fully saturated rings. The predicted molar refractivity (Wildman–Crippen MR) is 111 cm³/mol. The minimum absolute atomic E-state index is 0.0749. The number of hydrogen-bond donors (Lipinski definition) is 1. The summed E-state index contributed by atoms with van der Waals surface area (Å²) in [5.41, 5.74) is 6.25. The van der Waals surface area contributed by atoms with Crippen molar-refractivity contribution in [1.82, 2.24) is 0 Å². The van der Waals surface area contributed by atoms with Gasteiger partial charge >= 0.3 is 0 Å². The Labute approximate surface area is 170 Å². The third-order valence-electron chi connectivity index (χ3n) is 6.21. The average Bonchev–Trinajstić information content (AvgIpc) is 3.17. The number of carbonyl (C=O) groups is 2. The summed E-state index contributed by atoms with van der Waals surface area (Å²) in [4.78, 5) is 25.7. The highest BCUT2D eigenvalue weighted by Gasteiger charge is 2.37. The molecule has 0 bridgehead atoms. The first kappa shape index (κ1) is 18.9. The van der Waals surface area contributed by atoms with E-state index in [9.17, 15) is 14.7 Å². The molecule has 28 heavy (non-hydrogen) atoms. The molecule has 2 aromatic carbocycles. The summed E-state index contributed by atoms with van der Waals surface area (Å²) in [6.45, 7) is 4.10. The number of hydrogen-bond acceptors (Lipinski definition) is 3. The lowest BCUT2D eigenvalue weighted by Crippen LogP contribution is -2.27. The number of aliphatic hydroxyl groups excluding tert-OH is 1. The van der Waals surface area contributed by atoms with Crippen LogP contribution in [0, 0.1) is 13.8 Å². The van der Waals surface area contributed by atoms with Crippen LogP contribution in [-0.2, 0) is 22.4 Å². The van der Waals surface area contributed by atoms with Crippen LogP contribution in [0.15, 0.2) is 35.9 Å². The second kappa shape index (κ2) is 7.21. The number of rotatable bonds is 2. The topological polar surface area (TPSA) is 54.4 Å². The van der Waals surface area contributed by atoms with E-state index < -0.39 is 0 Å². The van der Waals surface area contributed by atoms with E-state index in [1.165, 1.54) is 11.1 Å². The molecule has 0 atom stereocenters. The molecule has 0 amide bonds. The summed E-state index contributed by atoms with van der Waals surface area (Å²) in [7, 11) is 0. The van der Waals surface area contributed by atoms with Crippen LogP contribution in [-0.4, -0.2) is 16.7 Å². The first-order valence-electron chi connectivity index (χ1n) is 9.75. The van der Waals surface area contributed by atoms with Crippen molar-refractivity contribution >= 4 is 28.9 Å². The first-order chi connectivity index (χ1) is 13.4. The minimum atomic E-state index is -0.309. The Kier molecular flexibility index (Phi) is 4.88. The molecule has 144 valence electrons. The van der Waals surface area contributed by atoms with Crippen molar-refractivity contribution in [3.05, 3.63) is 74.3 Å². The van der Waals surface area contributed by atoms with Crippen molar-refractivity contribution in [1.29, 1.82) is 0 Å². The third kappa shape index (κ3) is 2.98. The van der Waals surface area contributed by atoms with Gasteiger partial charge in [-0.05, 0) is 60.9 Å². The molecule has 0 radical (unpaired) electrons. The zero-order valence-corrected chi connectivity index (χ0v) is 16.9. The first-order valence-corrected chi connectivity index (χ1v) is 10.1. The summed E-state index contributed by atoms with van der Waals surface area (Å²) < 4.78 is 0. The molecule has 0 aliphatic heterocycles. The van der Waals surface area contributed by atoms with Gasteiger partial charge in [0.1, 0.15) is 11.3 Å². The van der Waals surface area contributed by atoms with E-state index in [1.54, 1.807) is 24.3 Å². The number of aliphatic hydroxyl groups is 1. The van der Waals surface area contributed by atoms with Gasteiger partial charge in [-0.25, -0.2) is 0 Å². The molecule has 4 heteroatoms. The van der Waals surface area contributed by atoms with Gasteiger partial charge in [-0.1, -0.05) is 41.9 Å². The van der Waals surface area contributed by atoms with E-state index in [4.69, 9.17) is 11.6 Å². The van der Waals surface area contributed by atoms with Gasteiger partial charge < -0.3 is 5.11 Å². The maximum atomic E-state index is 12.9. The van der Waals surface area contributed by atoms with Gasteiger partial charge in [0.15, 0.2) is 11.6 Å². The molecule has 1 N–H and O–H groups in total. The van der Waals surface area contributed by atoms with Crippen molar-refractivity contribution in [2.45, 2.75) is 51.9 Å². The summed E-state index contributed by atoms with van der Waals surface area (Å²) in [6, 6.07) is 8.75. The number of ketones is 2. The van der Waals surface area contributed by atoms with Gasteiger partial charge in [0.05, 0.1) is 0 Å². The van der Waals surface area contributed by atoms with E-state index in [0.717, 1.165) is 36.0 Å². The van der Waals surface area contributed by atoms with E-state index in [2.05, 4.69) is 6.92 Å². The van der Waals surface area contributed by atoms with E-state index in [-0.39, 0.29) is 41.7 Å². The molecule has 2 aliphatic rings. The number of Topliss-reactive ketones (excluding diaryl/α,β-unsaturated/α-hetero) is 2. The van der Waals surface area contributed by atoms with Crippen LogP contribution in [0.4, 0.5) is 0 Å². The fourth-order valence-electron chi connectivity index (χ4n) is 4.81. The number of benzene rings is 2. The van der Waals surface area contributed by atoms with Crippen LogP contribution in [0.2, 0.25) is 5.02 Å². The highest BCUT2D eigenvalue weighted by molar-refractivity contribution is 6.33. The van der Waals surface area contributed by atoms with Gasteiger partial charge in [0, 0.05) is 29.3 Å². The Bertz CT molecular complexity index is 998. The van der Waals surface area contributed by atoms with Crippen LogP contribution in [0.3, 0.4) is 0 Å². The van der Waals surface area contributed by atoms with Gasteiger partial charge in [0.2, 0.25) is 0 Å². The quantitative estimate of drug-likeness (QED) is 0.419. The zero-order valence-electron chi connectivity index (χ0n) is 16.1. The molecule has 2 aliphatic carbocycles. The highest BCUT2D eigenvalue weighted by atomic mass is 35.5. The monoisotopic (exact) mass is 394 g/mol.